The molecule has 1 aromatic heterocycles. The minimum atomic E-state index is -3.57. The van der Waals surface area contributed by atoms with Gasteiger partial charge in [-0.15, -0.1) is 0 Å². The summed E-state index contributed by atoms with van der Waals surface area (Å²) in [7, 11) is -3.57. The summed E-state index contributed by atoms with van der Waals surface area (Å²) in [5, 5.41) is 0.591. The van der Waals surface area contributed by atoms with E-state index in [1.165, 1.54) is 42.7 Å². The first-order valence-electron chi connectivity index (χ1n) is 15.7. The summed E-state index contributed by atoms with van der Waals surface area (Å²) in [6.45, 7) is 0.958. The number of H-pyrrole nitrogens is 1. The van der Waals surface area contributed by atoms with Crippen LogP contribution in [0.4, 0.5) is 8.78 Å². The van der Waals surface area contributed by atoms with Gasteiger partial charge in [0.25, 0.3) is 0 Å². The van der Waals surface area contributed by atoms with Crippen molar-refractivity contribution in [2.24, 2.45) is 5.92 Å². The molecule has 12 nitrogen and oxygen atoms in total. The van der Waals surface area contributed by atoms with E-state index in [1.807, 2.05) is 0 Å². The quantitative estimate of drug-likeness (QED) is 0.187. The second-order valence-corrected chi connectivity index (χ2v) is 14.4. The predicted octanol–water partition coefficient (Wildman–Crippen LogP) is 4.92. The molecule has 2 heterocycles. The molecule has 1 aliphatic heterocycles. The molecular formula is C33H39Cl2F2N3O9S. The lowest BCUT2D eigenvalue weighted by Gasteiger charge is -2.26. The van der Waals surface area contributed by atoms with Gasteiger partial charge in [-0.05, 0) is 54.7 Å². The monoisotopic (exact) mass is 761 g/mol. The molecule has 0 unspecified atom stereocenters. The number of aromatic amines is 1. The van der Waals surface area contributed by atoms with Crippen LogP contribution in [0.1, 0.15) is 46.0 Å². The van der Waals surface area contributed by atoms with Crippen LogP contribution in [-0.2, 0) is 32.5 Å². The van der Waals surface area contributed by atoms with Gasteiger partial charge in [0.15, 0.2) is 23.9 Å². The molecule has 2 aromatic carbocycles. The van der Waals surface area contributed by atoms with Gasteiger partial charge < -0.3 is 29.2 Å². The van der Waals surface area contributed by atoms with E-state index in [2.05, 4.69) is 14.6 Å². The summed E-state index contributed by atoms with van der Waals surface area (Å²) in [6, 6.07) is 8.96. The average molecular weight is 763 g/mol. The zero-order chi connectivity index (χ0) is 35.0. The third-order valence-electron chi connectivity index (χ3n) is 7.95. The molecule has 2 aliphatic rings. The maximum absolute atomic E-state index is 13.7. The Labute approximate surface area is 299 Å². The van der Waals surface area contributed by atoms with Gasteiger partial charge in [0.05, 0.1) is 31.6 Å². The normalized spacial score (nSPS) is 15.6. The molecule has 0 spiro atoms. The van der Waals surface area contributed by atoms with Crippen LogP contribution in [0.3, 0.4) is 0 Å². The lowest BCUT2D eigenvalue weighted by atomic mass is 10.0. The number of morpholine rings is 1. The third kappa shape index (κ3) is 11.9. The number of nitrogens with one attached hydrogen (secondary N) is 2. The van der Waals surface area contributed by atoms with Crippen molar-refractivity contribution in [1.29, 1.82) is 0 Å². The van der Waals surface area contributed by atoms with Gasteiger partial charge in [0, 0.05) is 43.7 Å². The number of ether oxygens (including phenoxy) is 5. The number of alkyl halides is 2. The van der Waals surface area contributed by atoms with Crippen molar-refractivity contribution in [1.82, 2.24) is 9.62 Å². The molecule has 1 saturated heterocycles. The van der Waals surface area contributed by atoms with Gasteiger partial charge >= 0.3 is 12.6 Å². The largest absolute Gasteiger partial charge is 0.870 e. The molecule has 50 heavy (non-hydrogen) atoms. The van der Waals surface area contributed by atoms with Crippen molar-refractivity contribution in [3.8, 4) is 17.2 Å². The Kier molecular flexibility index (Phi) is 14.4. The number of carbonyl (C=O) groups excluding carboxylic acids is 1. The predicted molar refractivity (Wildman–Crippen MR) is 179 cm³/mol. The van der Waals surface area contributed by atoms with Crippen LogP contribution in [0.2, 0.25) is 10.0 Å². The Balaban J connectivity index is 0.00000562. The number of pyridine rings is 1. The van der Waals surface area contributed by atoms with Gasteiger partial charge in [-0.1, -0.05) is 29.3 Å². The number of halogens is 4. The van der Waals surface area contributed by atoms with E-state index < -0.39 is 28.7 Å². The van der Waals surface area contributed by atoms with E-state index in [1.54, 1.807) is 6.07 Å². The number of nitrogens with zero attached hydrogens (tertiary/aromatic N) is 1. The summed E-state index contributed by atoms with van der Waals surface area (Å²) in [5.41, 5.74) is 1.45. The van der Waals surface area contributed by atoms with Crippen LogP contribution < -0.4 is 23.9 Å². The molecule has 5 rings (SSSR count). The highest BCUT2D eigenvalue weighted by Crippen LogP contribution is 2.38. The topological polar surface area (TPSA) is 157 Å². The van der Waals surface area contributed by atoms with Crippen LogP contribution in [0.5, 0.6) is 17.2 Å². The Hall–Kier alpha value is -3.31. The standard InChI is InChI=1S/C33H37Cl2F2N3O8S.H2O/c1-49(42,43)39-17-24-14-23(5-6-28(24)45-13-10-40-8-11-44-12-9-40)32(41)47-30(16-25-26(34)18-38-19-27(25)35)22-4-7-29(48-33(36)37)31(15-22)46-20-21-2-3-21;/h4-7,14-15,18-19,21,30,33,39H,2-3,8-13,16-17,20H2,1H3;1H2/t30-;/m0./s1. The second-order valence-electron chi connectivity index (χ2n) is 11.8. The first-order valence-corrected chi connectivity index (χ1v) is 18.4. The molecule has 1 atom stereocenters. The van der Waals surface area contributed by atoms with Crippen LogP contribution in [0.25, 0.3) is 0 Å². The molecule has 3 aromatic rings. The van der Waals surface area contributed by atoms with E-state index >= 15 is 0 Å². The number of benzene rings is 2. The smallest absolute Gasteiger partial charge is 0.387 e. The Bertz CT molecular complexity index is 1690. The fraction of sp³-hybridized carbons (Fsp3) is 0.455. The molecule has 0 bridgehead atoms. The van der Waals surface area contributed by atoms with Crippen LogP contribution >= 0.6 is 23.2 Å². The Morgan fingerprint density at radius 2 is 1.74 bits per heavy atom. The summed E-state index contributed by atoms with van der Waals surface area (Å²) >= 11 is 12.9. The van der Waals surface area contributed by atoms with Crippen molar-refractivity contribution < 1.29 is 56.1 Å². The molecule has 17 heteroatoms. The molecule has 2 fully saturated rings. The zero-order valence-corrected chi connectivity index (χ0v) is 29.5. The van der Waals surface area contributed by atoms with Crippen molar-refractivity contribution in [2.75, 3.05) is 52.3 Å². The summed E-state index contributed by atoms with van der Waals surface area (Å²) in [5.74, 6) is -0.0797. The number of sulfonamides is 1. The second kappa shape index (κ2) is 18.3. The molecule has 0 radical (unpaired) electrons. The van der Waals surface area contributed by atoms with Crippen molar-refractivity contribution >= 4 is 39.2 Å². The van der Waals surface area contributed by atoms with Gasteiger partial charge in [-0.3, -0.25) is 4.90 Å². The third-order valence-corrected chi connectivity index (χ3v) is 9.30. The lowest BCUT2D eigenvalue weighted by molar-refractivity contribution is -0.377. The lowest BCUT2D eigenvalue weighted by Crippen LogP contribution is -2.38. The average Bonchev–Trinajstić information content (AvgIpc) is 3.89. The van der Waals surface area contributed by atoms with Crippen molar-refractivity contribution in [2.45, 2.75) is 38.5 Å². The first kappa shape index (κ1) is 39.5. The number of carbonyl (C=O) groups is 1. The van der Waals surface area contributed by atoms with Crippen LogP contribution in [0, 0.1) is 5.92 Å². The molecular weight excluding hydrogens is 723 g/mol. The summed E-state index contributed by atoms with van der Waals surface area (Å²) in [6.07, 6.45) is 5.08. The number of rotatable bonds is 17. The van der Waals surface area contributed by atoms with Gasteiger partial charge in [-0.25, -0.2) is 22.9 Å². The number of aromatic nitrogens is 1. The van der Waals surface area contributed by atoms with Crippen molar-refractivity contribution in [3.05, 3.63) is 81.1 Å². The van der Waals surface area contributed by atoms with Crippen LogP contribution in [-0.4, -0.2) is 83.7 Å². The number of esters is 1. The maximum atomic E-state index is 13.7. The van der Waals surface area contributed by atoms with Gasteiger partial charge in [0.2, 0.25) is 10.0 Å². The summed E-state index contributed by atoms with van der Waals surface area (Å²) < 4.78 is 80.7. The molecule has 274 valence electrons. The molecule has 3 N–H and O–H groups in total. The van der Waals surface area contributed by atoms with E-state index in [0.717, 1.165) is 32.2 Å². The SMILES string of the molecule is CS(=O)(=O)NCc1cc(C(=O)O[C@@H](Cc2c(Cl)c[nH+]cc2Cl)c2ccc(OC(F)F)c(OCC3CC3)c2)ccc1OCCN1CCOCC1.[OH-]. The van der Waals surface area contributed by atoms with E-state index in [0.29, 0.717) is 71.4 Å². The fourth-order valence-electron chi connectivity index (χ4n) is 5.11. The van der Waals surface area contributed by atoms with Crippen molar-refractivity contribution in [3.63, 3.8) is 0 Å². The minimum Gasteiger partial charge on any atom is -0.870 e. The molecule has 1 saturated carbocycles. The van der Waals surface area contributed by atoms with E-state index in [-0.39, 0.29) is 35.5 Å². The summed E-state index contributed by atoms with van der Waals surface area (Å²) in [4.78, 5) is 18.8. The van der Waals surface area contributed by atoms with Gasteiger partial charge in [0.1, 0.15) is 28.5 Å². The maximum Gasteiger partial charge on any atom is 0.387 e. The number of hydrogen-bond donors (Lipinski definition) is 1. The molecule has 1 aliphatic carbocycles. The first-order chi connectivity index (χ1) is 23.4. The Morgan fingerprint density at radius 1 is 1.04 bits per heavy atom. The number of hydrogen-bond acceptors (Lipinski definition) is 10. The fourth-order valence-corrected chi connectivity index (χ4v) is 6.06. The highest BCUT2D eigenvalue weighted by molar-refractivity contribution is 7.88. The van der Waals surface area contributed by atoms with Gasteiger partial charge in [-0.2, -0.15) is 8.78 Å². The van der Waals surface area contributed by atoms with E-state index in [4.69, 9.17) is 46.9 Å². The zero-order valence-electron chi connectivity index (χ0n) is 27.2. The highest BCUT2D eigenvalue weighted by Gasteiger charge is 2.27. The molecule has 0 amide bonds. The van der Waals surface area contributed by atoms with E-state index in [9.17, 15) is 22.0 Å². The van der Waals surface area contributed by atoms with Crippen LogP contribution in [0.15, 0.2) is 48.8 Å². The highest BCUT2D eigenvalue weighted by atomic mass is 35.5. The minimum absolute atomic E-state index is 0. The Morgan fingerprint density at radius 3 is 2.40 bits per heavy atom.